The molecule has 3 aromatic rings. The summed E-state index contributed by atoms with van der Waals surface area (Å²) in [5.41, 5.74) is 3.19. The number of ether oxygens (including phenoxy) is 2. The Hall–Kier alpha value is -2.47. The Labute approximate surface area is 188 Å². The van der Waals surface area contributed by atoms with Gasteiger partial charge in [-0.2, -0.15) is 0 Å². The van der Waals surface area contributed by atoms with Gasteiger partial charge in [0.05, 0.1) is 18.2 Å². The van der Waals surface area contributed by atoms with Crippen molar-refractivity contribution in [2.45, 2.75) is 52.1 Å². The number of hydrogen-bond donors (Lipinski definition) is 0. The van der Waals surface area contributed by atoms with Crippen LogP contribution in [0.25, 0.3) is 11.0 Å². The van der Waals surface area contributed by atoms with Crippen molar-refractivity contribution in [2.75, 3.05) is 25.1 Å². The molecule has 0 aliphatic carbocycles. The van der Waals surface area contributed by atoms with Gasteiger partial charge in [0.2, 0.25) is 0 Å². The third kappa shape index (κ3) is 4.74. The van der Waals surface area contributed by atoms with Crippen LogP contribution < -0.4 is 14.4 Å². The van der Waals surface area contributed by atoms with Gasteiger partial charge in [-0.1, -0.05) is 25.1 Å². The van der Waals surface area contributed by atoms with Crippen LogP contribution in [-0.4, -0.2) is 25.4 Å². The van der Waals surface area contributed by atoms with Gasteiger partial charge in [0.25, 0.3) is 0 Å². The number of piperidine rings is 1. The monoisotopic (exact) mass is 448 g/mol. The highest BCUT2D eigenvalue weighted by Gasteiger charge is 2.26. The third-order valence-corrected chi connectivity index (χ3v) is 5.82. The molecule has 0 N–H and O–H groups in total. The topological polar surface area (TPSA) is 47.7 Å². The summed E-state index contributed by atoms with van der Waals surface area (Å²) in [6.45, 7) is 5.97. The van der Waals surface area contributed by atoms with Crippen molar-refractivity contribution in [3.8, 4) is 11.5 Å². The van der Waals surface area contributed by atoms with Crippen LogP contribution >= 0.6 is 12.4 Å². The van der Waals surface area contributed by atoms with E-state index in [-0.39, 0.29) is 24.3 Å². The second-order valence-electron chi connectivity index (χ2n) is 7.77. The predicted octanol–water partition coefficient (Wildman–Crippen LogP) is 6.48. The zero-order chi connectivity index (χ0) is 21.1. The molecule has 1 aromatic heterocycles. The van der Waals surface area contributed by atoms with E-state index in [9.17, 15) is 4.39 Å². The summed E-state index contributed by atoms with van der Waals surface area (Å²) in [5.74, 6) is 1.05. The molecule has 1 atom stereocenters. The summed E-state index contributed by atoms with van der Waals surface area (Å²) in [6, 6.07) is 8.98. The molecule has 0 saturated carbocycles. The summed E-state index contributed by atoms with van der Waals surface area (Å²) in [4.78, 5) is 2.24. The molecule has 1 saturated heterocycles. The number of fused-ring (bicyclic) bond motifs is 1. The van der Waals surface area contributed by atoms with Crippen LogP contribution in [0.15, 0.2) is 34.9 Å². The van der Waals surface area contributed by atoms with Gasteiger partial charge in [-0.05, 0) is 55.9 Å². The number of nitrogens with zero attached hydrogens (tertiary/aromatic N) is 2. The molecule has 5 nitrogen and oxygen atoms in total. The number of aryl methyl sites for hydroxylation is 1. The van der Waals surface area contributed by atoms with E-state index in [4.69, 9.17) is 14.0 Å². The van der Waals surface area contributed by atoms with E-state index in [1.807, 2.05) is 25.1 Å². The van der Waals surface area contributed by atoms with Crippen molar-refractivity contribution in [3.05, 3.63) is 47.4 Å². The first-order valence-corrected chi connectivity index (χ1v) is 10.8. The molecule has 31 heavy (non-hydrogen) atoms. The molecule has 0 radical (unpaired) electrons. The van der Waals surface area contributed by atoms with Crippen molar-refractivity contribution in [3.63, 3.8) is 0 Å². The van der Waals surface area contributed by atoms with Gasteiger partial charge in [-0.3, -0.25) is 0 Å². The second-order valence-corrected chi connectivity index (χ2v) is 7.77. The lowest BCUT2D eigenvalue weighted by molar-refractivity contribution is 0.184. The summed E-state index contributed by atoms with van der Waals surface area (Å²) < 4.78 is 31.7. The van der Waals surface area contributed by atoms with Gasteiger partial charge in [-0.15, -0.1) is 12.4 Å². The Morgan fingerprint density at radius 2 is 1.87 bits per heavy atom. The first-order valence-electron chi connectivity index (χ1n) is 10.8. The second kappa shape index (κ2) is 10.2. The maximum absolute atomic E-state index is 14.3. The van der Waals surface area contributed by atoms with Crippen molar-refractivity contribution in [2.24, 2.45) is 0 Å². The maximum atomic E-state index is 14.3. The summed E-state index contributed by atoms with van der Waals surface area (Å²) >= 11 is 0. The maximum Gasteiger partial charge on any atom is 0.172 e. The van der Waals surface area contributed by atoms with E-state index < -0.39 is 0 Å². The molecule has 0 spiro atoms. The van der Waals surface area contributed by atoms with E-state index >= 15 is 0 Å². The van der Waals surface area contributed by atoms with Gasteiger partial charge in [-0.25, -0.2) is 4.39 Å². The van der Waals surface area contributed by atoms with Gasteiger partial charge < -0.3 is 18.9 Å². The first kappa shape index (κ1) is 23.2. The molecule has 7 heteroatoms. The smallest absolute Gasteiger partial charge is 0.172 e. The minimum Gasteiger partial charge on any atom is -0.493 e. The number of halogens is 2. The quantitative estimate of drug-likeness (QED) is 0.414. The van der Waals surface area contributed by atoms with Crippen LogP contribution in [0.1, 0.15) is 56.9 Å². The van der Waals surface area contributed by atoms with E-state index in [0.29, 0.717) is 29.2 Å². The molecule has 0 amide bonds. The molecule has 1 fully saturated rings. The first-order chi connectivity index (χ1) is 14.6. The van der Waals surface area contributed by atoms with Crippen LogP contribution in [0.5, 0.6) is 11.5 Å². The predicted molar refractivity (Wildman–Crippen MR) is 123 cm³/mol. The van der Waals surface area contributed by atoms with E-state index in [2.05, 4.69) is 17.0 Å². The molecule has 2 aromatic carbocycles. The number of aromatic nitrogens is 1. The van der Waals surface area contributed by atoms with Crippen LogP contribution in [0, 0.1) is 5.82 Å². The molecular weight excluding hydrogens is 419 g/mol. The van der Waals surface area contributed by atoms with Gasteiger partial charge in [0.15, 0.2) is 17.1 Å². The van der Waals surface area contributed by atoms with Crippen molar-refractivity contribution < 1.29 is 18.4 Å². The van der Waals surface area contributed by atoms with Crippen molar-refractivity contribution in [1.82, 2.24) is 5.16 Å². The number of anilines is 1. The molecule has 4 rings (SSSR count). The van der Waals surface area contributed by atoms with E-state index in [1.54, 1.807) is 13.2 Å². The van der Waals surface area contributed by atoms with Crippen LogP contribution in [-0.2, 0) is 6.42 Å². The Kier molecular flexibility index (Phi) is 7.65. The lowest BCUT2D eigenvalue weighted by Crippen LogP contribution is -2.29. The highest BCUT2D eigenvalue weighted by atomic mass is 35.5. The Morgan fingerprint density at radius 1 is 1.10 bits per heavy atom. The Bertz CT molecular complexity index is 1020. The Balaban J connectivity index is 0.00000272. The summed E-state index contributed by atoms with van der Waals surface area (Å²) in [5, 5.41) is 5.16. The Morgan fingerprint density at radius 3 is 2.55 bits per heavy atom. The van der Waals surface area contributed by atoms with E-state index in [1.165, 1.54) is 18.1 Å². The lowest BCUT2D eigenvalue weighted by Gasteiger charge is -2.29. The standard InChI is InChI=1S/C24H29FN2O3.ClH/c1-4-16-9-10-20(21(13-16)28-3)29-19(5-2)24-23-18(27-11-7-6-8-12-27)14-17(25)15-22(23)30-26-24;/h9-10,13-15,19H,4-8,11-12H2,1-3H3;1H. The average molecular weight is 449 g/mol. The third-order valence-electron chi connectivity index (χ3n) is 5.82. The van der Waals surface area contributed by atoms with Crippen LogP contribution in [0.4, 0.5) is 10.1 Å². The summed E-state index contributed by atoms with van der Waals surface area (Å²) in [6.07, 6.45) is 4.70. The normalized spacial score (nSPS) is 14.9. The van der Waals surface area contributed by atoms with Crippen LogP contribution in [0.2, 0.25) is 0 Å². The molecule has 2 heterocycles. The molecule has 1 unspecified atom stereocenters. The minimum absolute atomic E-state index is 0. The number of methoxy groups -OCH3 is 1. The number of hydrogen-bond acceptors (Lipinski definition) is 5. The van der Waals surface area contributed by atoms with Gasteiger partial charge >= 0.3 is 0 Å². The van der Waals surface area contributed by atoms with Crippen LogP contribution in [0.3, 0.4) is 0 Å². The van der Waals surface area contributed by atoms with Gasteiger partial charge in [0, 0.05) is 19.2 Å². The fraction of sp³-hybridized carbons (Fsp3) is 0.458. The fourth-order valence-corrected chi connectivity index (χ4v) is 4.16. The number of benzene rings is 2. The molecule has 1 aliphatic heterocycles. The molecule has 1 aliphatic rings. The van der Waals surface area contributed by atoms with E-state index in [0.717, 1.165) is 43.4 Å². The zero-order valence-electron chi connectivity index (χ0n) is 18.3. The van der Waals surface area contributed by atoms with Crippen molar-refractivity contribution >= 4 is 29.1 Å². The largest absolute Gasteiger partial charge is 0.493 e. The van der Waals surface area contributed by atoms with Crippen molar-refractivity contribution in [1.29, 1.82) is 0 Å². The molecule has 0 bridgehead atoms. The number of rotatable bonds is 7. The highest BCUT2D eigenvalue weighted by Crippen LogP contribution is 2.39. The molecular formula is C24H30ClFN2O3. The highest BCUT2D eigenvalue weighted by molar-refractivity contribution is 5.93. The van der Waals surface area contributed by atoms with Gasteiger partial charge in [0.1, 0.15) is 17.6 Å². The fourth-order valence-electron chi connectivity index (χ4n) is 4.16. The molecule has 168 valence electrons. The SMILES string of the molecule is CCc1ccc(OC(CC)c2noc3cc(F)cc(N4CCCCC4)c23)c(OC)c1.Cl. The minimum atomic E-state index is -0.332. The average Bonchev–Trinajstić information content (AvgIpc) is 3.21. The lowest BCUT2D eigenvalue weighted by atomic mass is 10.0. The summed E-state index contributed by atoms with van der Waals surface area (Å²) in [7, 11) is 1.64. The zero-order valence-corrected chi connectivity index (χ0v) is 19.1.